The predicted octanol–water partition coefficient (Wildman–Crippen LogP) is 3.58. The quantitative estimate of drug-likeness (QED) is 0.911. The van der Waals surface area contributed by atoms with Crippen molar-refractivity contribution < 1.29 is 14.3 Å². The van der Waals surface area contributed by atoms with E-state index in [-0.39, 0.29) is 5.91 Å². The van der Waals surface area contributed by atoms with Gasteiger partial charge in [0.25, 0.3) is 5.91 Å². The van der Waals surface area contributed by atoms with E-state index in [4.69, 9.17) is 9.47 Å². The van der Waals surface area contributed by atoms with Crippen molar-refractivity contribution in [3.05, 3.63) is 41.3 Å². The number of carbonyl (C=O) groups is 1. The Hall–Kier alpha value is -1.85. The van der Waals surface area contributed by atoms with Crippen molar-refractivity contribution in [1.82, 2.24) is 5.32 Å². The highest BCUT2D eigenvalue weighted by Crippen LogP contribution is 2.36. The Morgan fingerprint density at radius 3 is 2.91 bits per heavy atom. The molecule has 0 unspecified atom stereocenters. The summed E-state index contributed by atoms with van der Waals surface area (Å²) in [5, 5.41) is 3.02. The molecule has 1 fully saturated rings. The molecule has 1 aliphatic rings. The van der Waals surface area contributed by atoms with Crippen LogP contribution in [0.2, 0.25) is 0 Å². The number of ether oxygens (including phenoxy) is 2. The fraction of sp³-hybridized carbons (Fsp3) is 0.389. The van der Waals surface area contributed by atoms with Gasteiger partial charge in [-0.25, -0.2) is 0 Å². The number of methoxy groups -OCH3 is 1. The Labute approximate surface area is 140 Å². The zero-order chi connectivity index (χ0) is 16.1. The molecule has 2 aromatic rings. The van der Waals surface area contributed by atoms with Crippen LogP contribution in [0.5, 0.6) is 5.75 Å². The van der Waals surface area contributed by atoms with Crippen LogP contribution in [0.3, 0.4) is 0 Å². The van der Waals surface area contributed by atoms with Crippen molar-refractivity contribution in [3.8, 4) is 16.2 Å². The molecule has 2 heterocycles. The summed E-state index contributed by atoms with van der Waals surface area (Å²) in [7, 11) is 1.60. The van der Waals surface area contributed by atoms with Crippen molar-refractivity contribution in [3.63, 3.8) is 0 Å². The van der Waals surface area contributed by atoms with Crippen LogP contribution in [0.25, 0.3) is 10.4 Å². The summed E-state index contributed by atoms with van der Waals surface area (Å²) >= 11 is 1.46. The summed E-state index contributed by atoms with van der Waals surface area (Å²) < 4.78 is 10.8. The second-order valence-electron chi connectivity index (χ2n) is 5.67. The number of rotatable bonds is 5. The average molecular weight is 331 g/mol. The molecule has 23 heavy (non-hydrogen) atoms. The van der Waals surface area contributed by atoms with Crippen LogP contribution in [-0.2, 0) is 4.74 Å². The molecule has 5 heteroatoms. The fourth-order valence-corrected chi connectivity index (χ4v) is 3.76. The van der Waals surface area contributed by atoms with E-state index < -0.39 is 0 Å². The van der Waals surface area contributed by atoms with Gasteiger partial charge in [-0.05, 0) is 30.4 Å². The molecule has 4 nitrogen and oxygen atoms in total. The number of carbonyl (C=O) groups excluding carboxylic acids is 1. The number of thiophene rings is 1. The van der Waals surface area contributed by atoms with Crippen molar-refractivity contribution >= 4 is 17.2 Å². The van der Waals surface area contributed by atoms with Gasteiger partial charge >= 0.3 is 0 Å². The Bertz CT molecular complexity index is 648. The molecule has 1 aromatic carbocycles. The van der Waals surface area contributed by atoms with E-state index in [1.54, 1.807) is 7.11 Å². The van der Waals surface area contributed by atoms with E-state index in [9.17, 15) is 4.79 Å². The van der Waals surface area contributed by atoms with Gasteiger partial charge in [-0.15, -0.1) is 11.3 Å². The lowest BCUT2D eigenvalue weighted by atomic mass is 10.0. The Kier molecular flexibility index (Phi) is 5.31. The largest absolute Gasteiger partial charge is 0.495 e. The summed E-state index contributed by atoms with van der Waals surface area (Å²) in [5.41, 5.74) is 1.09. The van der Waals surface area contributed by atoms with Gasteiger partial charge in [-0.1, -0.05) is 30.3 Å². The second kappa shape index (κ2) is 7.62. The summed E-state index contributed by atoms with van der Waals surface area (Å²) in [6.07, 6.45) is 2.18. The molecular weight excluding hydrogens is 310 g/mol. The van der Waals surface area contributed by atoms with Crippen LogP contribution >= 0.6 is 11.3 Å². The third kappa shape index (κ3) is 3.92. The van der Waals surface area contributed by atoms with E-state index in [1.807, 2.05) is 36.4 Å². The Morgan fingerprint density at radius 2 is 2.22 bits per heavy atom. The lowest BCUT2D eigenvalue weighted by Gasteiger charge is -2.22. The second-order valence-corrected chi connectivity index (χ2v) is 6.72. The molecule has 0 radical (unpaired) electrons. The molecule has 3 rings (SSSR count). The van der Waals surface area contributed by atoms with Crippen LogP contribution < -0.4 is 10.1 Å². The smallest absolute Gasteiger partial charge is 0.265 e. The lowest BCUT2D eigenvalue weighted by Crippen LogP contribution is -2.33. The monoisotopic (exact) mass is 331 g/mol. The molecule has 1 amide bonds. The van der Waals surface area contributed by atoms with E-state index in [0.29, 0.717) is 23.1 Å². The maximum absolute atomic E-state index is 12.5. The minimum atomic E-state index is -0.0698. The topological polar surface area (TPSA) is 47.6 Å². The van der Waals surface area contributed by atoms with E-state index >= 15 is 0 Å². The van der Waals surface area contributed by atoms with Gasteiger partial charge in [0.15, 0.2) is 0 Å². The number of hydrogen-bond donors (Lipinski definition) is 1. The van der Waals surface area contributed by atoms with E-state index in [1.165, 1.54) is 11.3 Å². The molecule has 0 aliphatic carbocycles. The van der Waals surface area contributed by atoms with Crippen LogP contribution in [-0.4, -0.2) is 32.8 Å². The van der Waals surface area contributed by atoms with Crippen LogP contribution in [0.1, 0.15) is 22.5 Å². The summed E-state index contributed by atoms with van der Waals surface area (Å²) in [6, 6.07) is 12.0. The first-order chi connectivity index (χ1) is 11.3. The average Bonchev–Trinajstić information content (AvgIpc) is 3.06. The van der Waals surface area contributed by atoms with Gasteiger partial charge in [0.05, 0.1) is 13.7 Å². The van der Waals surface area contributed by atoms with Gasteiger partial charge in [-0.3, -0.25) is 4.79 Å². The summed E-state index contributed by atoms with van der Waals surface area (Å²) in [5.74, 6) is 0.970. The third-order valence-corrected chi connectivity index (χ3v) is 5.15. The molecule has 1 aliphatic heterocycles. The maximum atomic E-state index is 12.5. The Morgan fingerprint density at radius 1 is 1.39 bits per heavy atom. The number of nitrogens with one attached hydrogen (secondary N) is 1. The van der Waals surface area contributed by atoms with Gasteiger partial charge in [0.2, 0.25) is 0 Å². The van der Waals surface area contributed by atoms with Crippen molar-refractivity contribution in [2.75, 3.05) is 26.9 Å². The first-order valence-corrected chi connectivity index (χ1v) is 8.68. The third-order valence-electron chi connectivity index (χ3n) is 3.99. The van der Waals surface area contributed by atoms with Crippen molar-refractivity contribution in [1.29, 1.82) is 0 Å². The molecule has 1 saturated heterocycles. The summed E-state index contributed by atoms with van der Waals surface area (Å²) in [4.78, 5) is 14.2. The maximum Gasteiger partial charge on any atom is 0.265 e. The molecular formula is C18H21NO3S. The lowest BCUT2D eigenvalue weighted by molar-refractivity contribution is 0.0536. The number of amides is 1. The summed E-state index contributed by atoms with van der Waals surface area (Å²) in [6.45, 7) is 2.22. The molecule has 1 aromatic heterocycles. The predicted molar refractivity (Wildman–Crippen MR) is 92.2 cm³/mol. The van der Waals surface area contributed by atoms with E-state index in [2.05, 4.69) is 5.32 Å². The number of benzene rings is 1. The van der Waals surface area contributed by atoms with Crippen LogP contribution in [0.15, 0.2) is 36.4 Å². The highest BCUT2D eigenvalue weighted by Gasteiger charge is 2.20. The van der Waals surface area contributed by atoms with Crippen molar-refractivity contribution in [2.45, 2.75) is 12.8 Å². The van der Waals surface area contributed by atoms with Gasteiger partial charge in [-0.2, -0.15) is 0 Å². The SMILES string of the molecule is COc1cc(-c2ccccc2)sc1C(=O)NC[C@@H]1CCCOC1. The highest BCUT2D eigenvalue weighted by molar-refractivity contribution is 7.17. The van der Waals surface area contributed by atoms with Crippen LogP contribution in [0, 0.1) is 5.92 Å². The standard InChI is InChI=1S/C18H21NO3S/c1-21-15-10-16(14-7-3-2-4-8-14)23-17(15)18(20)19-11-13-6-5-9-22-12-13/h2-4,7-8,10,13H,5-6,9,11-12H2,1H3,(H,19,20)/t13-/m0/s1. The molecule has 0 saturated carbocycles. The normalized spacial score (nSPS) is 17.7. The van der Waals surface area contributed by atoms with Gasteiger partial charge in [0, 0.05) is 18.0 Å². The Balaban J connectivity index is 1.70. The van der Waals surface area contributed by atoms with Gasteiger partial charge in [0.1, 0.15) is 10.6 Å². The molecule has 122 valence electrons. The molecule has 0 spiro atoms. The zero-order valence-electron chi connectivity index (χ0n) is 13.2. The van der Waals surface area contributed by atoms with Crippen LogP contribution in [0.4, 0.5) is 0 Å². The van der Waals surface area contributed by atoms with E-state index in [0.717, 1.165) is 36.5 Å². The minimum Gasteiger partial charge on any atom is -0.495 e. The van der Waals surface area contributed by atoms with Crippen molar-refractivity contribution in [2.24, 2.45) is 5.92 Å². The number of hydrogen-bond acceptors (Lipinski definition) is 4. The minimum absolute atomic E-state index is 0.0698. The highest BCUT2D eigenvalue weighted by atomic mass is 32.1. The van der Waals surface area contributed by atoms with Gasteiger partial charge < -0.3 is 14.8 Å². The molecule has 1 atom stereocenters. The molecule has 1 N–H and O–H groups in total. The molecule has 0 bridgehead atoms. The first kappa shape index (κ1) is 16.0. The first-order valence-electron chi connectivity index (χ1n) is 7.87. The zero-order valence-corrected chi connectivity index (χ0v) is 14.0. The fourth-order valence-electron chi connectivity index (χ4n) is 2.71.